The SMILES string of the molecule is CC1(C)CC1C#CC(=O)O. The van der Waals surface area contributed by atoms with Gasteiger partial charge in [0.2, 0.25) is 0 Å². The van der Waals surface area contributed by atoms with E-state index in [1.165, 1.54) is 0 Å². The molecule has 2 nitrogen and oxygen atoms in total. The minimum Gasteiger partial charge on any atom is -0.472 e. The van der Waals surface area contributed by atoms with Crippen LogP contribution in [0.15, 0.2) is 0 Å². The van der Waals surface area contributed by atoms with E-state index < -0.39 is 5.97 Å². The van der Waals surface area contributed by atoms with Crippen molar-refractivity contribution < 1.29 is 9.90 Å². The lowest BCUT2D eigenvalue weighted by molar-refractivity contribution is -0.130. The zero-order valence-corrected chi connectivity index (χ0v) is 6.14. The summed E-state index contributed by atoms with van der Waals surface area (Å²) in [5.41, 5.74) is 0.266. The number of carbonyl (C=O) groups is 1. The van der Waals surface area contributed by atoms with Crippen LogP contribution in [0.4, 0.5) is 0 Å². The molecule has 0 aromatic carbocycles. The molecular formula is C8H10O2. The van der Waals surface area contributed by atoms with E-state index >= 15 is 0 Å². The molecule has 0 radical (unpaired) electrons. The Kier molecular flexibility index (Phi) is 1.44. The quantitative estimate of drug-likeness (QED) is 0.509. The van der Waals surface area contributed by atoms with Crippen molar-refractivity contribution in [2.75, 3.05) is 0 Å². The van der Waals surface area contributed by atoms with Crippen LogP contribution in [-0.2, 0) is 4.79 Å². The Hall–Kier alpha value is -0.970. The first kappa shape index (κ1) is 7.14. The molecule has 1 atom stereocenters. The van der Waals surface area contributed by atoms with Gasteiger partial charge in [0.05, 0.1) is 0 Å². The van der Waals surface area contributed by atoms with E-state index in [1.54, 1.807) is 0 Å². The van der Waals surface area contributed by atoms with Crippen LogP contribution in [0.25, 0.3) is 0 Å². The Morgan fingerprint density at radius 3 is 2.50 bits per heavy atom. The van der Waals surface area contributed by atoms with E-state index in [0.717, 1.165) is 6.42 Å². The Morgan fingerprint density at radius 1 is 1.70 bits per heavy atom. The van der Waals surface area contributed by atoms with E-state index in [9.17, 15) is 4.79 Å². The highest BCUT2D eigenvalue weighted by Gasteiger charge is 2.44. The van der Waals surface area contributed by atoms with Crippen LogP contribution in [0.3, 0.4) is 0 Å². The third kappa shape index (κ3) is 1.51. The van der Waals surface area contributed by atoms with Crippen LogP contribution in [0.2, 0.25) is 0 Å². The molecular weight excluding hydrogens is 128 g/mol. The Bertz CT molecular complexity index is 217. The molecule has 0 spiro atoms. The van der Waals surface area contributed by atoms with E-state index in [0.29, 0.717) is 5.92 Å². The van der Waals surface area contributed by atoms with Gasteiger partial charge in [-0.3, -0.25) is 0 Å². The fraction of sp³-hybridized carbons (Fsp3) is 0.625. The standard InChI is InChI=1S/C8H10O2/c1-8(2)5-6(8)3-4-7(9)10/h6H,5H2,1-2H3,(H,9,10). The fourth-order valence-electron chi connectivity index (χ4n) is 0.862. The van der Waals surface area contributed by atoms with Crippen LogP contribution in [0, 0.1) is 23.2 Å². The smallest absolute Gasteiger partial charge is 0.381 e. The molecule has 1 saturated carbocycles. The number of carboxylic acids is 1. The summed E-state index contributed by atoms with van der Waals surface area (Å²) in [4.78, 5) is 9.97. The van der Waals surface area contributed by atoms with Gasteiger partial charge >= 0.3 is 5.97 Å². The van der Waals surface area contributed by atoms with Gasteiger partial charge in [-0.05, 0) is 11.8 Å². The highest BCUT2D eigenvalue weighted by atomic mass is 16.4. The maximum absolute atomic E-state index is 9.97. The second kappa shape index (κ2) is 2.02. The van der Waals surface area contributed by atoms with Crippen molar-refractivity contribution in [3.05, 3.63) is 0 Å². The molecule has 1 unspecified atom stereocenters. The maximum atomic E-state index is 9.97. The second-order valence-corrected chi connectivity index (χ2v) is 3.32. The highest BCUT2D eigenvalue weighted by molar-refractivity contribution is 5.86. The summed E-state index contributed by atoms with van der Waals surface area (Å²) in [6.07, 6.45) is 1.04. The zero-order chi connectivity index (χ0) is 7.78. The lowest BCUT2D eigenvalue weighted by Gasteiger charge is -1.91. The third-order valence-corrected chi connectivity index (χ3v) is 1.87. The van der Waals surface area contributed by atoms with E-state index in [1.807, 2.05) is 0 Å². The summed E-state index contributed by atoms with van der Waals surface area (Å²) >= 11 is 0. The van der Waals surface area contributed by atoms with Crippen LogP contribution < -0.4 is 0 Å². The number of aliphatic carboxylic acids is 1. The predicted octanol–water partition coefficient (Wildman–Crippen LogP) is 1.12. The normalized spacial score (nSPS) is 26.4. The molecule has 0 aromatic rings. The molecule has 0 amide bonds. The van der Waals surface area contributed by atoms with Crippen molar-refractivity contribution in [1.82, 2.24) is 0 Å². The molecule has 1 fully saturated rings. The molecule has 1 aliphatic carbocycles. The Labute approximate surface area is 60.2 Å². The van der Waals surface area contributed by atoms with Gasteiger partial charge in [0.15, 0.2) is 0 Å². The summed E-state index contributed by atoms with van der Waals surface area (Å²) < 4.78 is 0. The van der Waals surface area contributed by atoms with Gasteiger partial charge in [0.1, 0.15) is 0 Å². The molecule has 10 heavy (non-hydrogen) atoms. The molecule has 2 heteroatoms. The lowest BCUT2D eigenvalue weighted by Crippen LogP contribution is -1.90. The monoisotopic (exact) mass is 138 g/mol. The van der Waals surface area contributed by atoms with E-state index in [-0.39, 0.29) is 5.41 Å². The molecule has 0 saturated heterocycles. The van der Waals surface area contributed by atoms with Gasteiger partial charge in [-0.15, -0.1) is 0 Å². The summed E-state index contributed by atoms with van der Waals surface area (Å²) in [6, 6.07) is 0. The first-order chi connectivity index (χ1) is 4.52. The first-order valence-electron chi connectivity index (χ1n) is 3.27. The van der Waals surface area contributed by atoms with Crippen LogP contribution in [0.1, 0.15) is 20.3 Å². The predicted molar refractivity (Wildman–Crippen MR) is 37.3 cm³/mol. The topological polar surface area (TPSA) is 37.3 Å². The van der Waals surface area contributed by atoms with Gasteiger partial charge in [0.25, 0.3) is 0 Å². The summed E-state index contributed by atoms with van der Waals surface area (Å²) in [7, 11) is 0. The van der Waals surface area contributed by atoms with Gasteiger partial charge in [-0.25, -0.2) is 4.79 Å². The maximum Gasteiger partial charge on any atom is 0.381 e. The van der Waals surface area contributed by atoms with Crippen LogP contribution in [0.5, 0.6) is 0 Å². The van der Waals surface area contributed by atoms with Crippen molar-refractivity contribution in [3.8, 4) is 11.8 Å². The molecule has 54 valence electrons. The molecule has 1 aliphatic rings. The summed E-state index contributed by atoms with van der Waals surface area (Å²) in [5, 5.41) is 8.19. The average Bonchev–Trinajstić information content (AvgIpc) is 2.35. The van der Waals surface area contributed by atoms with Crippen molar-refractivity contribution in [2.45, 2.75) is 20.3 Å². The van der Waals surface area contributed by atoms with E-state index in [2.05, 4.69) is 25.7 Å². The summed E-state index contributed by atoms with van der Waals surface area (Å²) in [5.74, 6) is 4.11. The van der Waals surface area contributed by atoms with Gasteiger partial charge in [0, 0.05) is 11.8 Å². The number of hydrogen-bond donors (Lipinski definition) is 1. The lowest BCUT2D eigenvalue weighted by atomic mass is 10.1. The largest absolute Gasteiger partial charge is 0.472 e. The van der Waals surface area contributed by atoms with Crippen molar-refractivity contribution in [3.63, 3.8) is 0 Å². The number of hydrogen-bond acceptors (Lipinski definition) is 1. The molecule has 1 rings (SSSR count). The third-order valence-electron chi connectivity index (χ3n) is 1.87. The molecule has 1 N–H and O–H groups in total. The zero-order valence-electron chi connectivity index (χ0n) is 6.14. The highest BCUT2D eigenvalue weighted by Crippen LogP contribution is 2.50. The second-order valence-electron chi connectivity index (χ2n) is 3.32. The van der Waals surface area contributed by atoms with Gasteiger partial charge < -0.3 is 5.11 Å². The van der Waals surface area contributed by atoms with Crippen molar-refractivity contribution in [1.29, 1.82) is 0 Å². The Morgan fingerprint density at radius 2 is 2.20 bits per heavy atom. The summed E-state index contributed by atoms with van der Waals surface area (Å²) in [6.45, 7) is 4.18. The first-order valence-corrected chi connectivity index (χ1v) is 3.27. The molecule has 0 heterocycles. The number of rotatable bonds is 0. The fourth-order valence-corrected chi connectivity index (χ4v) is 0.862. The number of carboxylic acid groups (broad SMARTS) is 1. The molecule has 0 aromatic heterocycles. The van der Waals surface area contributed by atoms with Crippen LogP contribution in [-0.4, -0.2) is 11.1 Å². The molecule has 0 aliphatic heterocycles. The average molecular weight is 138 g/mol. The van der Waals surface area contributed by atoms with E-state index in [4.69, 9.17) is 5.11 Å². The minimum absolute atomic E-state index is 0.266. The van der Waals surface area contributed by atoms with Crippen molar-refractivity contribution >= 4 is 5.97 Å². The van der Waals surface area contributed by atoms with Gasteiger partial charge in [-0.1, -0.05) is 19.8 Å². The Balaban J connectivity index is 2.46. The minimum atomic E-state index is -1.03. The van der Waals surface area contributed by atoms with Gasteiger partial charge in [-0.2, -0.15) is 0 Å². The molecule has 0 bridgehead atoms. The van der Waals surface area contributed by atoms with Crippen LogP contribution >= 0.6 is 0 Å². The van der Waals surface area contributed by atoms with Crippen molar-refractivity contribution in [2.24, 2.45) is 11.3 Å².